The number of halogens is 1. The van der Waals surface area contributed by atoms with E-state index in [1.807, 2.05) is 6.92 Å². The third kappa shape index (κ3) is 4.25. The summed E-state index contributed by atoms with van der Waals surface area (Å²) >= 11 is 6.41. The number of hydrogen-bond donors (Lipinski definition) is 2. The second kappa shape index (κ2) is 9.30. The molecule has 0 aliphatic rings. The van der Waals surface area contributed by atoms with Crippen LogP contribution in [0.3, 0.4) is 0 Å². The molecule has 0 fully saturated rings. The maximum atomic E-state index is 12.0. The molecule has 2 N–H and O–H groups in total. The fourth-order valence-electron chi connectivity index (χ4n) is 3.37. The van der Waals surface area contributed by atoms with Gasteiger partial charge in [0.1, 0.15) is 28.6 Å². The molecule has 0 aliphatic heterocycles. The average Bonchev–Trinajstić information content (AvgIpc) is 2.83. The van der Waals surface area contributed by atoms with Crippen molar-refractivity contribution in [2.24, 2.45) is 0 Å². The minimum atomic E-state index is -0.588. The molecule has 4 aromatic rings. The first-order valence-corrected chi connectivity index (χ1v) is 10.6. The Labute approximate surface area is 193 Å². The van der Waals surface area contributed by atoms with E-state index in [1.165, 1.54) is 7.11 Å². The number of aromatic nitrogens is 1. The number of carbonyl (C=O) groups excluding carboxylic acids is 1. The summed E-state index contributed by atoms with van der Waals surface area (Å²) in [5, 5.41) is 6.82. The summed E-state index contributed by atoms with van der Waals surface area (Å²) in [6, 6.07) is 9.92. The standard InChI is InChI=1S/C24H20ClN3O5/c1-3-7-27-21-22(24(31)23(21)30)28-17-5-4-14(10-16(17)25)33-19-6-8-26-18-11-20(32-2)13(12-29)9-15(18)19/h4-6,8-12,27-28H,3,7H2,1-2H3. The van der Waals surface area contributed by atoms with Crippen LogP contribution in [0.1, 0.15) is 23.7 Å². The van der Waals surface area contributed by atoms with Crippen LogP contribution in [0, 0.1) is 0 Å². The highest BCUT2D eigenvalue weighted by atomic mass is 35.5. The van der Waals surface area contributed by atoms with Gasteiger partial charge in [-0.1, -0.05) is 18.5 Å². The quantitative estimate of drug-likeness (QED) is 0.271. The second-order valence-corrected chi connectivity index (χ2v) is 7.65. The smallest absolute Gasteiger partial charge is 0.253 e. The van der Waals surface area contributed by atoms with Crippen molar-refractivity contribution in [3.63, 3.8) is 0 Å². The zero-order valence-electron chi connectivity index (χ0n) is 17.9. The first kappa shape index (κ1) is 22.3. The number of carbonyl (C=O) groups is 1. The molecule has 0 radical (unpaired) electrons. The highest BCUT2D eigenvalue weighted by Crippen LogP contribution is 2.36. The molecule has 0 atom stereocenters. The molecular formula is C24H20ClN3O5. The van der Waals surface area contributed by atoms with Crippen LogP contribution in [0.2, 0.25) is 5.02 Å². The molecule has 0 amide bonds. The number of methoxy groups -OCH3 is 1. The maximum absolute atomic E-state index is 12.0. The molecule has 9 heteroatoms. The van der Waals surface area contributed by atoms with Gasteiger partial charge in [-0.05, 0) is 30.7 Å². The molecule has 8 nitrogen and oxygen atoms in total. The summed E-state index contributed by atoms with van der Waals surface area (Å²) in [7, 11) is 1.48. The fourth-order valence-corrected chi connectivity index (χ4v) is 3.59. The van der Waals surface area contributed by atoms with Crippen molar-refractivity contribution in [2.75, 3.05) is 24.3 Å². The van der Waals surface area contributed by atoms with Gasteiger partial charge in [0.2, 0.25) is 0 Å². The van der Waals surface area contributed by atoms with Gasteiger partial charge in [0.05, 0.1) is 28.9 Å². The fraction of sp³-hybridized carbons (Fsp3) is 0.167. The molecule has 168 valence electrons. The van der Waals surface area contributed by atoms with Crippen LogP contribution in [0.15, 0.2) is 52.2 Å². The van der Waals surface area contributed by atoms with Crippen LogP contribution in [0.4, 0.5) is 17.1 Å². The number of fused-ring (bicyclic) bond motifs is 1. The number of anilines is 3. The lowest BCUT2D eigenvalue weighted by Gasteiger charge is -2.16. The highest BCUT2D eigenvalue weighted by Gasteiger charge is 2.21. The van der Waals surface area contributed by atoms with Crippen LogP contribution in [-0.2, 0) is 0 Å². The maximum Gasteiger partial charge on any atom is 0.253 e. The third-order valence-electron chi connectivity index (χ3n) is 5.07. The van der Waals surface area contributed by atoms with Crippen molar-refractivity contribution in [3.8, 4) is 17.2 Å². The molecule has 0 saturated heterocycles. The number of nitrogens with one attached hydrogen (secondary N) is 2. The zero-order chi connectivity index (χ0) is 23.5. The molecule has 0 aliphatic carbocycles. The van der Waals surface area contributed by atoms with E-state index in [1.54, 1.807) is 42.6 Å². The van der Waals surface area contributed by atoms with Crippen LogP contribution < -0.4 is 31.0 Å². The molecule has 1 aromatic heterocycles. The van der Waals surface area contributed by atoms with Gasteiger partial charge in [-0.3, -0.25) is 19.4 Å². The van der Waals surface area contributed by atoms with Gasteiger partial charge in [-0.15, -0.1) is 0 Å². The van der Waals surface area contributed by atoms with Gasteiger partial charge in [0, 0.05) is 30.3 Å². The van der Waals surface area contributed by atoms with Crippen LogP contribution in [0.25, 0.3) is 10.9 Å². The second-order valence-electron chi connectivity index (χ2n) is 7.24. The van der Waals surface area contributed by atoms with Crippen LogP contribution >= 0.6 is 11.6 Å². The minimum Gasteiger partial charge on any atom is -0.496 e. The largest absolute Gasteiger partial charge is 0.496 e. The summed E-state index contributed by atoms with van der Waals surface area (Å²) in [5.74, 6) is 1.35. The SMILES string of the molecule is CCCNc1c(Nc2ccc(Oc3ccnc4cc(OC)c(C=O)cc34)cc2Cl)c(=O)c1=O. The van der Waals surface area contributed by atoms with E-state index in [9.17, 15) is 14.4 Å². The van der Waals surface area contributed by atoms with Gasteiger partial charge < -0.3 is 20.1 Å². The molecular weight excluding hydrogens is 446 g/mol. The number of pyridine rings is 1. The Morgan fingerprint density at radius 1 is 1.06 bits per heavy atom. The van der Waals surface area contributed by atoms with E-state index in [2.05, 4.69) is 15.6 Å². The summed E-state index contributed by atoms with van der Waals surface area (Å²) in [4.78, 5) is 39.5. The number of benzene rings is 2. The lowest BCUT2D eigenvalue weighted by molar-refractivity contribution is 0.112. The molecule has 33 heavy (non-hydrogen) atoms. The molecule has 0 spiro atoms. The van der Waals surface area contributed by atoms with Gasteiger partial charge in [-0.2, -0.15) is 0 Å². The van der Waals surface area contributed by atoms with E-state index in [0.29, 0.717) is 57.3 Å². The minimum absolute atomic E-state index is 0.194. The van der Waals surface area contributed by atoms with E-state index in [-0.39, 0.29) is 11.4 Å². The van der Waals surface area contributed by atoms with Gasteiger partial charge in [0.15, 0.2) is 6.29 Å². The van der Waals surface area contributed by atoms with E-state index >= 15 is 0 Å². The zero-order valence-corrected chi connectivity index (χ0v) is 18.7. The van der Waals surface area contributed by atoms with Gasteiger partial charge >= 0.3 is 0 Å². The van der Waals surface area contributed by atoms with E-state index < -0.39 is 10.9 Å². The first-order chi connectivity index (χ1) is 16.0. The Balaban J connectivity index is 1.61. The molecule has 3 aromatic carbocycles. The number of rotatable bonds is 9. The Bertz CT molecular complexity index is 1430. The van der Waals surface area contributed by atoms with Crippen molar-refractivity contribution < 1.29 is 14.3 Å². The molecule has 0 saturated carbocycles. The predicted molar refractivity (Wildman–Crippen MR) is 129 cm³/mol. The molecule has 1 heterocycles. The average molecular weight is 466 g/mol. The Kier molecular flexibility index (Phi) is 6.28. The number of nitrogens with zero attached hydrogens (tertiary/aromatic N) is 1. The molecule has 0 unspecified atom stereocenters. The number of hydrogen-bond acceptors (Lipinski definition) is 8. The molecule has 4 rings (SSSR count). The van der Waals surface area contributed by atoms with Gasteiger partial charge in [-0.25, -0.2) is 0 Å². The monoisotopic (exact) mass is 465 g/mol. The molecule has 0 bridgehead atoms. The van der Waals surface area contributed by atoms with Crippen molar-refractivity contribution in [2.45, 2.75) is 13.3 Å². The number of aldehydes is 1. The van der Waals surface area contributed by atoms with Crippen LogP contribution in [-0.4, -0.2) is 24.9 Å². The third-order valence-corrected chi connectivity index (χ3v) is 5.38. The summed E-state index contributed by atoms with van der Waals surface area (Å²) < 4.78 is 11.2. The lowest BCUT2D eigenvalue weighted by atomic mass is 10.1. The predicted octanol–water partition coefficient (Wildman–Crippen LogP) is 4.66. The van der Waals surface area contributed by atoms with Crippen molar-refractivity contribution in [3.05, 3.63) is 73.6 Å². The van der Waals surface area contributed by atoms with E-state index in [4.69, 9.17) is 21.1 Å². The number of ether oxygens (including phenoxy) is 2. The van der Waals surface area contributed by atoms with Crippen molar-refractivity contribution in [1.29, 1.82) is 0 Å². The summed E-state index contributed by atoms with van der Waals surface area (Å²) in [6.07, 6.45) is 3.11. The van der Waals surface area contributed by atoms with Crippen molar-refractivity contribution in [1.82, 2.24) is 4.98 Å². The summed E-state index contributed by atoms with van der Waals surface area (Å²) in [5.41, 5.74) is 0.769. The Morgan fingerprint density at radius 3 is 2.55 bits per heavy atom. The topological polar surface area (TPSA) is 107 Å². The summed E-state index contributed by atoms with van der Waals surface area (Å²) in [6.45, 7) is 2.54. The Hall–Kier alpha value is -3.91. The van der Waals surface area contributed by atoms with Gasteiger partial charge in [0.25, 0.3) is 10.9 Å². The Morgan fingerprint density at radius 2 is 1.85 bits per heavy atom. The highest BCUT2D eigenvalue weighted by molar-refractivity contribution is 6.33. The van der Waals surface area contributed by atoms with E-state index in [0.717, 1.165) is 6.42 Å². The first-order valence-electron chi connectivity index (χ1n) is 10.2. The normalized spacial score (nSPS) is 10.9. The van der Waals surface area contributed by atoms with Crippen LogP contribution in [0.5, 0.6) is 17.2 Å². The van der Waals surface area contributed by atoms with Crippen molar-refractivity contribution >= 4 is 45.9 Å². The lowest BCUT2D eigenvalue weighted by Crippen LogP contribution is -2.36.